The molecule has 0 amide bonds. The van der Waals surface area contributed by atoms with E-state index in [1.54, 1.807) is 0 Å². The van der Waals surface area contributed by atoms with Crippen LogP contribution < -0.4 is 0 Å². The van der Waals surface area contributed by atoms with E-state index in [1.807, 2.05) is 0 Å². The number of ether oxygens (including phenoxy) is 3. The van der Waals surface area contributed by atoms with Crippen LogP contribution in [-0.4, -0.2) is 37.2 Å². The number of rotatable bonds is 57. The van der Waals surface area contributed by atoms with Crippen LogP contribution in [0.5, 0.6) is 0 Å². The van der Waals surface area contributed by atoms with Crippen LogP contribution in [0, 0.1) is 0 Å². The van der Waals surface area contributed by atoms with Crippen molar-refractivity contribution >= 4 is 17.9 Å². The van der Waals surface area contributed by atoms with E-state index in [0.29, 0.717) is 19.3 Å². The maximum Gasteiger partial charge on any atom is 0.306 e. The van der Waals surface area contributed by atoms with E-state index in [1.165, 1.54) is 154 Å². The van der Waals surface area contributed by atoms with Crippen LogP contribution >= 0.6 is 0 Å². The molecule has 0 aromatic rings. The van der Waals surface area contributed by atoms with Gasteiger partial charge in [0.2, 0.25) is 0 Å². The normalized spacial score (nSPS) is 12.6. The second kappa shape index (κ2) is 62.1. The summed E-state index contributed by atoms with van der Waals surface area (Å²) in [6, 6.07) is 0. The third kappa shape index (κ3) is 59.5. The summed E-state index contributed by atoms with van der Waals surface area (Å²) in [5, 5.41) is 0. The van der Waals surface area contributed by atoms with Crippen LogP contribution in [0.15, 0.2) is 85.1 Å². The van der Waals surface area contributed by atoms with Crippen molar-refractivity contribution in [1.29, 1.82) is 0 Å². The highest BCUT2D eigenvalue weighted by Gasteiger charge is 2.19. The third-order valence-electron chi connectivity index (χ3n) is 13.6. The molecule has 426 valence electrons. The van der Waals surface area contributed by atoms with Crippen molar-refractivity contribution in [3.8, 4) is 0 Å². The number of hydrogen-bond acceptors (Lipinski definition) is 6. The number of allylic oxidation sites excluding steroid dienone is 14. The highest BCUT2D eigenvalue weighted by molar-refractivity contribution is 5.71. The molecule has 0 fully saturated rings. The first-order valence-electron chi connectivity index (χ1n) is 31.6. The number of esters is 3. The maximum atomic E-state index is 12.9. The first-order chi connectivity index (χ1) is 36.5. The molecule has 0 rings (SSSR count). The molecule has 0 aliphatic carbocycles. The molecule has 1 atom stereocenters. The zero-order valence-electron chi connectivity index (χ0n) is 48.8. The Morgan fingerprint density at radius 3 is 0.865 bits per heavy atom. The van der Waals surface area contributed by atoms with Gasteiger partial charge in [0.05, 0.1) is 0 Å². The number of hydrogen-bond donors (Lipinski definition) is 0. The van der Waals surface area contributed by atoms with Crippen molar-refractivity contribution in [3.63, 3.8) is 0 Å². The lowest BCUT2D eigenvalue weighted by Gasteiger charge is -2.18. The van der Waals surface area contributed by atoms with E-state index in [0.717, 1.165) is 116 Å². The fraction of sp³-hybridized carbons (Fsp3) is 0.750. The van der Waals surface area contributed by atoms with E-state index in [2.05, 4.69) is 106 Å². The van der Waals surface area contributed by atoms with E-state index in [9.17, 15) is 14.4 Å². The Morgan fingerprint density at radius 2 is 0.541 bits per heavy atom. The number of carbonyl (C=O) groups is 3. The van der Waals surface area contributed by atoms with Gasteiger partial charge >= 0.3 is 17.9 Å². The van der Waals surface area contributed by atoms with E-state index < -0.39 is 6.10 Å². The summed E-state index contributed by atoms with van der Waals surface area (Å²) < 4.78 is 16.9. The maximum absolute atomic E-state index is 12.9. The summed E-state index contributed by atoms with van der Waals surface area (Å²) >= 11 is 0. The average molecular weight is 1030 g/mol. The molecule has 74 heavy (non-hydrogen) atoms. The average Bonchev–Trinajstić information content (AvgIpc) is 3.40. The fourth-order valence-electron chi connectivity index (χ4n) is 8.90. The largest absolute Gasteiger partial charge is 0.462 e. The van der Waals surface area contributed by atoms with Gasteiger partial charge in [-0.3, -0.25) is 14.4 Å². The van der Waals surface area contributed by atoms with Crippen LogP contribution in [0.2, 0.25) is 0 Å². The topological polar surface area (TPSA) is 78.9 Å². The van der Waals surface area contributed by atoms with E-state index >= 15 is 0 Å². The van der Waals surface area contributed by atoms with Crippen LogP contribution in [0.25, 0.3) is 0 Å². The van der Waals surface area contributed by atoms with Gasteiger partial charge in [0.1, 0.15) is 13.2 Å². The van der Waals surface area contributed by atoms with Crippen molar-refractivity contribution in [2.24, 2.45) is 0 Å². The van der Waals surface area contributed by atoms with Gasteiger partial charge in [-0.15, -0.1) is 0 Å². The molecule has 0 heterocycles. The van der Waals surface area contributed by atoms with Crippen molar-refractivity contribution in [2.75, 3.05) is 13.2 Å². The molecule has 0 aromatic carbocycles. The van der Waals surface area contributed by atoms with Crippen LogP contribution in [0.4, 0.5) is 0 Å². The number of unbranched alkanes of at least 4 members (excludes halogenated alkanes) is 32. The highest BCUT2D eigenvalue weighted by atomic mass is 16.6. The van der Waals surface area contributed by atoms with Crippen molar-refractivity contribution in [1.82, 2.24) is 0 Å². The smallest absolute Gasteiger partial charge is 0.306 e. The highest BCUT2D eigenvalue weighted by Crippen LogP contribution is 2.17. The summed E-state index contributed by atoms with van der Waals surface area (Å²) in [5.41, 5.74) is 0. The minimum atomic E-state index is -0.784. The van der Waals surface area contributed by atoms with Crippen LogP contribution in [0.1, 0.15) is 310 Å². The molecular formula is C68H118O6. The summed E-state index contributed by atoms with van der Waals surface area (Å²) in [7, 11) is 0. The molecule has 6 nitrogen and oxygen atoms in total. The fourth-order valence-corrected chi connectivity index (χ4v) is 8.90. The summed E-state index contributed by atoms with van der Waals surface area (Å²) in [6.07, 6.45) is 81.5. The van der Waals surface area contributed by atoms with E-state index in [-0.39, 0.29) is 31.1 Å². The zero-order valence-corrected chi connectivity index (χ0v) is 48.8. The molecule has 6 heteroatoms. The molecule has 0 spiro atoms. The lowest BCUT2D eigenvalue weighted by Crippen LogP contribution is -2.30. The van der Waals surface area contributed by atoms with Gasteiger partial charge in [-0.05, 0) is 89.9 Å². The molecule has 0 aliphatic heterocycles. The lowest BCUT2D eigenvalue weighted by molar-refractivity contribution is -0.167. The second-order valence-electron chi connectivity index (χ2n) is 20.9. The minimum absolute atomic E-state index is 0.0818. The van der Waals surface area contributed by atoms with Gasteiger partial charge in [-0.1, -0.05) is 286 Å². The molecular weight excluding hydrogens is 913 g/mol. The van der Waals surface area contributed by atoms with E-state index in [4.69, 9.17) is 14.2 Å². The van der Waals surface area contributed by atoms with Crippen molar-refractivity contribution in [2.45, 2.75) is 316 Å². The molecule has 0 aromatic heterocycles. The van der Waals surface area contributed by atoms with Crippen molar-refractivity contribution in [3.05, 3.63) is 85.1 Å². The molecule has 1 unspecified atom stereocenters. The summed E-state index contributed by atoms with van der Waals surface area (Å²) in [5.74, 6) is -0.888. The first-order valence-corrected chi connectivity index (χ1v) is 31.6. The van der Waals surface area contributed by atoms with Crippen LogP contribution in [0.3, 0.4) is 0 Å². The Hall–Kier alpha value is -3.41. The van der Waals surface area contributed by atoms with Gasteiger partial charge in [0.25, 0.3) is 0 Å². The van der Waals surface area contributed by atoms with Crippen LogP contribution in [-0.2, 0) is 28.6 Å². The predicted molar refractivity (Wildman–Crippen MR) is 321 cm³/mol. The molecule has 0 saturated heterocycles. The van der Waals surface area contributed by atoms with Gasteiger partial charge in [-0.25, -0.2) is 0 Å². The quantitative estimate of drug-likeness (QED) is 0.0261. The third-order valence-corrected chi connectivity index (χ3v) is 13.6. The monoisotopic (exact) mass is 1030 g/mol. The standard InChI is InChI=1S/C68H118O6/c1-4-7-10-13-16-19-22-25-28-30-31-32-33-34-35-36-37-39-40-43-46-49-52-55-58-61-67(70)73-64-65(63-72-66(69)60-57-54-51-48-45-42-27-24-21-18-15-12-9-6-3)74-68(71)62-59-56-53-50-47-44-41-38-29-26-23-20-17-14-11-8-5-2/h7,10,15-16,18-19,24-25,27-28,31-32,34-35,65H,4-6,8-9,11-14,17,20-23,26,29-30,33,36-64H2,1-3H3/b10-7-,18-15-,19-16-,27-24-,28-25-,32-31-,35-34-. The SMILES string of the molecule is CC/C=C\C/C=C\C/C=C\C/C=C\C/C=C\CCCCCCCCCCCC(=O)OCC(COC(=O)CCCCCCC/C=C\C/C=C\CCCC)OC(=O)CCCCCCCCCCCCCCCCCCC. The molecule has 0 N–H and O–H groups in total. The second-order valence-corrected chi connectivity index (χ2v) is 20.9. The Morgan fingerprint density at radius 1 is 0.284 bits per heavy atom. The van der Waals surface area contributed by atoms with Crippen molar-refractivity contribution < 1.29 is 28.6 Å². The molecule has 0 bridgehead atoms. The molecule has 0 radical (unpaired) electrons. The Kier molecular flexibility index (Phi) is 59.3. The Balaban J connectivity index is 4.33. The predicted octanol–water partition coefficient (Wildman–Crippen LogP) is 21.5. The Bertz CT molecular complexity index is 1420. The lowest BCUT2D eigenvalue weighted by atomic mass is 10.0. The summed E-state index contributed by atoms with van der Waals surface area (Å²) in [4.78, 5) is 38.3. The van der Waals surface area contributed by atoms with Gasteiger partial charge in [0.15, 0.2) is 6.10 Å². The zero-order chi connectivity index (χ0) is 53.6. The summed E-state index contributed by atoms with van der Waals surface area (Å²) in [6.45, 7) is 6.50. The number of carbonyl (C=O) groups excluding carboxylic acids is 3. The van der Waals surface area contributed by atoms with Gasteiger partial charge in [-0.2, -0.15) is 0 Å². The minimum Gasteiger partial charge on any atom is -0.462 e. The van der Waals surface area contributed by atoms with Gasteiger partial charge < -0.3 is 14.2 Å². The van der Waals surface area contributed by atoms with Gasteiger partial charge in [0, 0.05) is 19.3 Å². The Labute approximate surface area is 458 Å². The first kappa shape index (κ1) is 70.6. The molecule has 0 aliphatic rings. The molecule has 0 saturated carbocycles.